The zero-order valence-corrected chi connectivity index (χ0v) is 22.3. The van der Waals surface area contributed by atoms with E-state index in [4.69, 9.17) is 27.2 Å². The van der Waals surface area contributed by atoms with Crippen molar-refractivity contribution in [2.24, 2.45) is 5.73 Å². The summed E-state index contributed by atoms with van der Waals surface area (Å²) < 4.78 is 32.6. The molecule has 1 aromatic heterocycles. The zero-order chi connectivity index (χ0) is 29.2. The van der Waals surface area contributed by atoms with E-state index in [1.807, 2.05) is 0 Å². The number of hydrogen-bond acceptors (Lipinski definition) is 7. The van der Waals surface area contributed by atoms with Crippen LogP contribution in [-0.4, -0.2) is 71.9 Å². The molecule has 6 N–H and O–H groups in total. The molecule has 0 radical (unpaired) electrons. The molecule has 14 heteroatoms. The lowest BCUT2D eigenvalue weighted by molar-refractivity contribution is -0.123. The number of likely N-dealkylation sites (N-methyl/N-ethyl adjacent to an activating group) is 1. The highest BCUT2D eigenvalue weighted by atomic mass is 35.5. The number of aromatic nitrogens is 1. The van der Waals surface area contributed by atoms with E-state index >= 15 is 0 Å². The number of benzene rings is 2. The number of nitrogens with zero attached hydrogens (tertiary/aromatic N) is 2. The monoisotopic (exact) mass is 578 g/mol. The average molecular weight is 579 g/mol. The van der Waals surface area contributed by atoms with Gasteiger partial charge in [0.1, 0.15) is 30.1 Å². The van der Waals surface area contributed by atoms with E-state index in [1.54, 1.807) is 12.1 Å². The van der Waals surface area contributed by atoms with Crippen LogP contribution in [0.4, 0.5) is 24.2 Å². The molecule has 0 aliphatic carbocycles. The van der Waals surface area contributed by atoms with Crippen molar-refractivity contribution in [1.29, 1.82) is 0 Å². The fourth-order valence-corrected chi connectivity index (χ4v) is 3.80. The highest BCUT2D eigenvalue weighted by Gasteiger charge is 2.23. The van der Waals surface area contributed by atoms with Crippen LogP contribution in [0.5, 0.6) is 0 Å². The summed E-state index contributed by atoms with van der Waals surface area (Å²) >= 11 is 5.95. The van der Waals surface area contributed by atoms with Gasteiger partial charge in [0, 0.05) is 31.7 Å². The van der Waals surface area contributed by atoms with Crippen LogP contribution in [-0.2, 0) is 16.1 Å². The number of aliphatic hydroxyl groups excluding tert-OH is 1. The number of fused-ring (bicyclic) bond motifs is 1. The number of carbonyl (C=O) groups excluding carboxylic acids is 3. The molecule has 0 spiro atoms. The van der Waals surface area contributed by atoms with Crippen molar-refractivity contribution in [3.63, 3.8) is 0 Å². The molecular weight excluding hydrogens is 550 g/mol. The average Bonchev–Trinajstić information content (AvgIpc) is 2.94. The highest BCUT2D eigenvalue weighted by Crippen LogP contribution is 2.20. The van der Waals surface area contributed by atoms with Crippen molar-refractivity contribution in [2.45, 2.75) is 25.0 Å². The quantitative estimate of drug-likeness (QED) is 0.234. The van der Waals surface area contributed by atoms with Crippen LogP contribution >= 0.6 is 11.6 Å². The molecule has 0 saturated carbocycles. The molecule has 0 bridgehead atoms. The molecule has 2 aromatic carbocycles. The van der Waals surface area contributed by atoms with Gasteiger partial charge in [-0.15, -0.1) is 0 Å². The van der Waals surface area contributed by atoms with Gasteiger partial charge in [0.05, 0.1) is 17.7 Å². The lowest BCUT2D eigenvalue weighted by Crippen LogP contribution is -2.48. The third-order valence-corrected chi connectivity index (χ3v) is 6.38. The van der Waals surface area contributed by atoms with Gasteiger partial charge in [-0.2, -0.15) is 0 Å². The number of urea groups is 1. The lowest BCUT2D eigenvalue weighted by atomic mass is 10.2. The normalized spacial score (nSPS) is 12.3. The number of halogens is 3. The maximum absolute atomic E-state index is 13.7. The fraction of sp³-hybridized carbons (Fsp3) is 0.308. The lowest BCUT2D eigenvalue weighted by Gasteiger charge is -2.28. The molecule has 11 nitrogen and oxygen atoms in total. The maximum Gasteiger partial charge on any atom is 0.412 e. The summed E-state index contributed by atoms with van der Waals surface area (Å²) in [7, 11) is 1.45. The van der Waals surface area contributed by atoms with Gasteiger partial charge in [0.25, 0.3) is 0 Å². The molecular formula is C26H29ClF2N6O5. The topological polar surface area (TPSA) is 159 Å². The standard InChI is InChI=1S/C26H29ClF2N6O5/c1-35(25(38)33-12-16-3-2-4-20(29)23(16)27)19(7-8-31-24(37)21(30)13-36)14-40-26(39)34-22-10-17-9-18(28)6-5-15(17)11-32-22/h2-6,9-11,19,21,36H,7-8,12-14,30H2,1H3,(H,31,37)(H,33,38)(H,32,34,39)/t19-,21-/m0/s1. The highest BCUT2D eigenvalue weighted by molar-refractivity contribution is 6.31. The van der Waals surface area contributed by atoms with Crippen molar-refractivity contribution in [2.75, 3.05) is 32.1 Å². The summed E-state index contributed by atoms with van der Waals surface area (Å²) in [6, 6.07) is 7.43. The molecule has 0 saturated heterocycles. The Morgan fingerprint density at radius 2 is 1.93 bits per heavy atom. The Kier molecular flexibility index (Phi) is 10.9. The third-order valence-electron chi connectivity index (χ3n) is 5.96. The predicted molar refractivity (Wildman–Crippen MR) is 145 cm³/mol. The van der Waals surface area contributed by atoms with E-state index in [0.29, 0.717) is 16.3 Å². The summed E-state index contributed by atoms with van der Waals surface area (Å²) in [6.45, 7) is -0.836. The van der Waals surface area contributed by atoms with Crippen LogP contribution < -0.4 is 21.7 Å². The van der Waals surface area contributed by atoms with E-state index in [-0.39, 0.29) is 37.0 Å². The van der Waals surface area contributed by atoms with Gasteiger partial charge >= 0.3 is 12.1 Å². The van der Waals surface area contributed by atoms with Crippen molar-refractivity contribution >= 4 is 46.2 Å². The number of nitrogens with two attached hydrogens (primary N) is 1. The summed E-state index contributed by atoms with van der Waals surface area (Å²) in [5, 5.41) is 17.7. The molecule has 214 valence electrons. The number of aliphatic hydroxyl groups is 1. The van der Waals surface area contributed by atoms with E-state index in [9.17, 15) is 23.2 Å². The minimum Gasteiger partial charge on any atom is -0.447 e. The minimum atomic E-state index is -1.11. The van der Waals surface area contributed by atoms with E-state index in [0.717, 1.165) is 0 Å². The number of rotatable bonds is 11. The first-order chi connectivity index (χ1) is 19.1. The summed E-state index contributed by atoms with van der Waals surface area (Å²) in [6.07, 6.45) is 0.741. The number of anilines is 1. The van der Waals surface area contributed by atoms with Gasteiger partial charge in [-0.3, -0.25) is 10.1 Å². The molecule has 0 aliphatic heterocycles. The Balaban J connectivity index is 1.62. The van der Waals surface area contributed by atoms with Crippen molar-refractivity contribution < 1.29 is 33.0 Å². The second kappa shape index (κ2) is 14.4. The van der Waals surface area contributed by atoms with Crippen LogP contribution in [0.25, 0.3) is 10.8 Å². The largest absolute Gasteiger partial charge is 0.447 e. The molecule has 4 amide bonds. The molecule has 0 fully saturated rings. The van der Waals surface area contributed by atoms with Gasteiger partial charge in [0.15, 0.2) is 0 Å². The van der Waals surface area contributed by atoms with Crippen LogP contribution in [0.2, 0.25) is 5.02 Å². The van der Waals surface area contributed by atoms with Crippen molar-refractivity contribution in [1.82, 2.24) is 20.5 Å². The number of carbonyl (C=O) groups is 3. The van der Waals surface area contributed by atoms with Gasteiger partial charge in [-0.1, -0.05) is 23.7 Å². The number of nitrogens with one attached hydrogen (secondary N) is 3. The van der Waals surface area contributed by atoms with Crippen molar-refractivity contribution in [3.05, 3.63) is 70.9 Å². The molecule has 3 aromatic rings. The van der Waals surface area contributed by atoms with E-state index in [1.165, 1.54) is 48.5 Å². The Bertz CT molecular complexity index is 1360. The first-order valence-electron chi connectivity index (χ1n) is 12.2. The Morgan fingerprint density at radius 1 is 1.15 bits per heavy atom. The Hall–Kier alpha value is -4.07. The first-order valence-corrected chi connectivity index (χ1v) is 12.5. The maximum atomic E-state index is 13.7. The number of ether oxygens (including phenoxy) is 1. The molecule has 0 aliphatic rings. The third kappa shape index (κ3) is 8.46. The summed E-state index contributed by atoms with van der Waals surface area (Å²) in [5.41, 5.74) is 5.86. The van der Waals surface area contributed by atoms with Gasteiger partial charge < -0.3 is 31.1 Å². The van der Waals surface area contributed by atoms with E-state index < -0.39 is 48.4 Å². The van der Waals surface area contributed by atoms with Gasteiger partial charge in [0.2, 0.25) is 5.91 Å². The summed E-state index contributed by atoms with van der Waals surface area (Å²) in [4.78, 5) is 42.6. The van der Waals surface area contributed by atoms with Crippen LogP contribution in [0.1, 0.15) is 12.0 Å². The number of hydrogen-bond donors (Lipinski definition) is 5. The molecule has 0 unspecified atom stereocenters. The molecule has 2 atom stereocenters. The SMILES string of the molecule is CN(C(=O)NCc1cccc(F)c1Cl)[C@@H](CCNC(=O)[C@@H](N)CO)COC(=O)Nc1cc2cc(F)ccc2cn1. The molecule has 1 heterocycles. The second-order valence-corrected chi connectivity index (χ2v) is 9.17. The molecule has 3 rings (SSSR count). The summed E-state index contributed by atoms with van der Waals surface area (Å²) in [5.74, 6) is -1.53. The van der Waals surface area contributed by atoms with Gasteiger partial charge in [-0.05, 0) is 47.7 Å². The Labute approximate surface area is 233 Å². The fourth-order valence-electron chi connectivity index (χ4n) is 3.60. The smallest absolute Gasteiger partial charge is 0.412 e. The number of pyridine rings is 1. The van der Waals surface area contributed by atoms with Crippen LogP contribution in [0.3, 0.4) is 0 Å². The molecule has 40 heavy (non-hydrogen) atoms. The first kappa shape index (κ1) is 30.5. The Morgan fingerprint density at radius 3 is 2.67 bits per heavy atom. The number of amides is 4. The zero-order valence-electron chi connectivity index (χ0n) is 21.5. The van der Waals surface area contributed by atoms with Crippen LogP contribution in [0.15, 0.2) is 48.7 Å². The van der Waals surface area contributed by atoms with E-state index in [2.05, 4.69) is 20.9 Å². The second-order valence-electron chi connectivity index (χ2n) is 8.79. The van der Waals surface area contributed by atoms with Crippen LogP contribution in [0, 0.1) is 11.6 Å². The van der Waals surface area contributed by atoms with Crippen molar-refractivity contribution in [3.8, 4) is 0 Å². The minimum absolute atomic E-state index is 0.0489. The predicted octanol–water partition coefficient (Wildman–Crippen LogP) is 2.75. The van der Waals surface area contributed by atoms with Gasteiger partial charge in [-0.25, -0.2) is 23.4 Å².